The summed E-state index contributed by atoms with van der Waals surface area (Å²) in [6.07, 6.45) is 1.60. The molecule has 0 fully saturated rings. The van der Waals surface area contributed by atoms with Gasteiger partial charge in [-0.05, 0) is 42.2 Å². The predicted octanol–water partition coefficient (Wildman–Crippen LogP) is 2.61. The Balaban J connectivity index is 1.61. The Hall–Kier alpha value is -2.15. The van der Waals surface area contributed by atoms with Gasteiger partial charge >= 0.3 is 0 Å². The minimum atomic E-state index is -3.61. The fourth-order valence-corrected chi connectivity index (χ4v) is 3.82. The van der Waals surface area contributed by atoms with Gasteiger partial charge in [0.2, 0.25) is 10.0 Å². The Morgan fingerprint density at radius 1 is 1.23 bits per heavy atom. The lowest BCUT2D eigenvalue weighted by atomic mass is 10.0. The molecule has 1 aliphatic rings. The van der Waals surface area contributed by atoms with E-state index in [4.69, 9.17) is 0 Å². The quantitative estimate of drug-likeness (QED) is 0.818. The van der Waals surface area contributed by atoms with Gasteiger partial charge in [0.15, 0.2) is 0 Å². The number of anilines is 1. The van der Waals surface area contributed by atoms with E-state index in [1.54, 1.807) is 6.08 Å². The van der Waals surface area contributed by atoms with E-state index in [9.17, 15) is 13.5 Å². The third kappa shape index (κ3) is 4.52. The molecule has 0 aromatic heterocycles. The van der Waals surface area contributed by atoms with Gasteiger partial charge in [-0.1, -0.05) is 42.0 Å². The molecule has 0 saturated heterocycles. The first-order chi connectivity index (χ1) is 12.3. The van der Waals surface area contributed by atoms with E-state index in [0.29, 0.717) is 0 Å². The average Bonchev–Trinajstić information content (AvgIpc) is 3.00. The molecule has 2 aromatic carbocycles. The Morgan fingerprint density at radius 3 is 2.69 bits per heavy atom. The first kappa shape index (κ1) is 18.6. The molecule has 0 aliphatic carbocycles. The Kier molecular flexibility index (Phi) is 5.46. The van der Waals surface area contributed by atoms with Crippen molar-refractivity contribution >= 4 is 21.8 Å². The number of hydrogen-bond donors (Lipinski definition) is 2. The highest BCUT2D eigenvalue weighted by Gasteiger charge is 2.18. The van der Waals surface area contributed by atoms with Crippen LogP contribution in [0.15, 0.2) is 47.9 Å². The predicted molar refractivity (Wildman–Crippen MR) is 106 cm³/mol. The minimum absolute atomic E-state index is 0.0603. The van der Waals surface area contributed by atoms with Gasteiger partial charge in [-0.2, -0.15) is 0 Å². The van der Waals surface area contributed by atoms with E-state index in [1.807, 2.05) is 56.4 Å². The lowest BCUT2D eigenvalue weighted by Gasteiger charge is -2.15. The molecule has 2 N–H and O–H groups in total. The van der Waals surface area contributed by atoms with Gasteiger partial charge in [-0.3, -0.25) is 0 Å². The molecule has 1 aliphatic heterocycles. The normalized spacial score (nSPS) is 15.4. The molecular weight excluding hydrogens is 348 g/mol. The van der Waals surface area contributed by atoms with Crippen LogP contribution in [0.5, 0.6) is 0 Å². The molecule has 138 valence electrons. The number of sulfonamides is 1. The summed E-state index contributed by atoms with van der Waals surface area (Å²) in [5, 5.41) is 11.5. The number of rotatable bonds is 6. The largest absolute Gasteiger partial charge is 0.387 e. The van der Waals surface area contributed by atoms with Gasteiger partial charge in [-0.25, -0.2) is 13.1 Å². The molecule has 0 spiro atoms. The summed E-state index contributed by atoms with van der Waals surface area (Å²) in [5.74, 6) is 0. The highest BCUT2D eigenvalue weighted by Crippen LogP contribution is 2.29. The molecule has 0 amide bonds. The van der Waals surface area contributed by atoms with Gasteiger partial charge in [0.1, 0.15) is 0 Å². The molecule has 1 unspecified atom stereocenters. The molecule has 1 heterocycles. The summed E-state index contributed by atoms with van der Waals surface area (Å²) in [5.41, 5.74) is 5.01. The van der Waals surface area contributed by atoms with Gasteiger partial charge < -0.3 is 10.0 Å². The number of benzene rings is 2. The van der Waals surface area contributed by atoms with Crippen LogP contribution in [0.1, 0.15) is 28.4 Å². The topological polar surface area (TPSA) is 69.6 Å². The third-order valence-electron chi connectivity index (χ3n) is 4.61. The molecule has 3 rings (SSSR count). The van der Waals surface area contributed by atoms with Crippen LogP contribution in [0.3, 0.4) is 0 Å². The number of aryl methyl sites for hydroxylation is 1. The number of likely N-dealkylation sites (N-methyl/N-ethyl adjacent to an activating group) is 1. The van der Waals surface area contributed by atoms with Crippen LogP contribution in [0.4, 0.5) is 5.69 Å². The van der Waals surface area contributed by atoms with Crippen molar-refractivity contribution in [2.75, 3.05) is 25.0 Å². The maximum atomic E-state index is 12.1. The number of nitrogens with one attached hydrogen (secondary N) is 1. The van der Waals surface area contributed by atoms with Crippen LogP contribution >= 0.6 is 0 Å². The monoisotopic (exact) mass is 372 g/mol. The molecule has 26 heavy (non-hydrogen) atoms. The van der Waals surface area contributed by atoms with Crippen molar-refractivity contribution in [3.63, 3.8) is 0 Å². The van der Waals surface area contributed by atoms with Gasteiger partial charge in [-0.15, -0.1) is 0 Å². The van der Waals surface area contributed by atoms with Gasteiger partial charge in [0, 0.05) is 31.2 Å². The smallest absolute Gasteiger partial charge is 0.233 e. The third-order valence-corrected chi connectivity index (χ3v) is 5.67. The van der Waals surface area contributed by atoms with E-state index < -0.39 is 16.1 Å². The standard InChI is InChI=1S/C20H24N2O3S/c1-15-3-5-16(6-4-15)10-12-26(24,25)21-14-20(23)18-7-8-19-17(13-18)9-11-22(19)2/h3-8,10,12-13,20-21,23H,9,11,14H2,1-2H3/b12-10+. The van der Waals surface area contributed by atoms with Crippen LogP contribution in [0.25, 0.3) is 6.08 Å². The van der Waals surface area contributed by atoms with Gasteiger partial charge in [0.05, 0.1) is 6.10 Å². The van der Waals surface area contributed by atoms with Crippen LogP contribution in [-0.4, -0.2) is 33.7 Å². The number of aliphatic hydroxyl groups is 1. The van der Waals surface area contributed by atoms with Crippen molar-refractivity contribution in [3.05, 3.63) is 70.1 Å². The second kappa shape index (κ2) is 7.61. The van der Waals surface area contributed by atoms with Crippen molar-refractivity contribution in [1.29, 1.82) is 0 Å². The van der Waals surface area contributed by atoms with Crippen molar-refractivity contribution in [2.45, 2.75) is 19.4 Å². The maximum absolute atomic E-state index is 12.1. The summed E-state index contributed by atoms with van der Waals surface area (Å²) in [4.78, 5) is 2.17. The molecule has 0 saturated carbocycles. The van der Waals surface area contributed by atoms with E-state index in [-0.39, 0.29) is 6.54 Å². The Morgan fingerprint density at radius 2 is 1.96 bits per heavy atom. The van der Waals surface area contributed by atoms with Crippen LogP contribution in [0.2, 0.25) is 0 Å². The number of aliphatic hydroxyl groups excluding tert-OH is 1. The van der Waals surface area contributed by atoms with Crippen molar-refractivity contribution < 1.29 is 13.5 Å². The van der Waals surface area contributed by atoms with E-state index >= 15 is 0 Å². The first-order valence-electron chi connectivity index (χ1n) is 8.60. The number of hydrogen-bond acceptors (Lipinski definition) is 4. The van der Waals surface area contributed by atoms with E-state index in [2.05, 4.69) is 9.62 Å². The molecule has 2 aromatic rings. The van der Waals surface area contributed by atoms with Crippen molar-refractivity contribution in [2.24, 2.45) is 0 Å². The maximum Gasteiger partial charge on any atom is 0.233 e. The van der Waals surface area contributed by atoms with E-state index in [0.717, 1.165) is 35.1 Å². The molecule has 0 bridgehead atoms. The number of nitrogens with zero attached hydrogens (tertiary/aromatic N) is 1. The van der Waals surface area contributed by atoms with Crippen LogP contribution in [0, 0.1) is 6.92 Å². The average molecular weight is 372 g/mol. The van der Waals surface area contributed by atoms with Crippen LogP contribution in [-0.2, 0) is 16.4 Å². The molecular formula is C20H24N2O3S. The van der Waals surface area contributed by atoms with Crippen LogP contribution < -0.4 is 9.62 Å². The highest BCUT2D eigenvalue weighted by molar-refractivity contribution is 7.92. The van der Waals surface area contributed by atoms with Crippen molar-refractivity contribution in [3.8, 4) is 0 Å². The zero-order valence-electron chi connectivity index (χ0n) is 15.0. The van der Waals surface area contributed by atoms with E-state index in [1.165, 1.54) is 11.3 Å². The summed E-state index contributed by atoms with van der Waals surface area (Å²) in [7, 11) is -1.57. The second-order valence-electron chi connectivity index (χ2n) is 6.68. The zero-order valence-corrected chi connectivity index (χ0v) is 15.8. The summed E-state index contributed by atoms with van der Waals surface area (Å²) < 4.78 is 26.7. The zero-order chi connectivity index (χ0) is 18.7. The fourth-order valence-electron chi connectivity index (χ4n) is 3.00. The highest BCUT2D eigenvalue weighted by atomic mass is 32.2. The molecule has 1 atom stereocenters. The second-order valence-corrected chi connectivity index (χ2v) is 8.33. The fraction of sp³-hybridized carbons (Fsp3) is 0.300. The molecule has 5 nitrogen and oxygen atoms in total. The lowest BCUT2D eigenvalue weighted by Crippen LogP contribution is -2.26. The molecule has 0 radical (unpaired) electrons. The Labute approximate surface area is 155 Å². The minimum Gasteiger partial charge on any atom is -0.387 e. The number of fused-ring (bicyclic) bond motifs is 1. The first-order valence-corrected chi connectivity index (χ1v) is 10.2. The summed E-state index contributed by atoms with van der Waals surface area (Å²) in [6, 6.07) is 13.4. The SMILES string of the molecule is Cc1ccc(/C=C/S(=O)(=O)NCC(O)c2ccc3c(c2)CCN3C)cc1. The van der Waals surface area contributed by atoms with Gasteiger partial charge in [0.25, 0.3) is 0 Å². The lowest BCUT2D eigenvalue weighted by molar-refractivity contribution is 0.182. The van der Waals surface area contributed by atoms with Crippen molar-refractivity contribution in [1.82, 2.24) is 4.72 Å². The summed E-state index contributed by atoms with van der Waals surface area (Å²) in [6.45, 7) is 2.88. The summed E-state index contributed by atoms with van der Waals surface area (Å²) >= 11 is 0. The Bertz CT molecular complexity index is 905. The molecule has 6 heteroatoms.